The Bertz CT molecular complexity index is 633. The average Bonchev–Trinajstić information content (AvgIpc) is 2.47. The van der Waals surface area contributed by atoms with Gasteiger partial charge in [-0.2, -0.15) is 0 Å². The lowest BCUT2D eigenvalue weighted by molar-refractivity contribution is -0.144. The number of hydrogen-bond acceptors (Lipinski definition) is 4. The van der Waals surface area contributed by atoms with Gasteiger partial charge in [0.05, 0.1) is 6.26 Å². The molecule has 0 amide bonds. The number of carboxylic acid groups (broad SMARTS) is 1. The lowest BCUT2D eigenvalue weighted by atomic mass is 9.94. The van der Waals surface area contributed by atoms with Crippen molar-refractivity contribution in [2.24, 2.45) is 5.92 Å². The highest BCUT2D eigenvalue weighted by Crippen LogP contribution is 2.27. The SMILES string of the molecule is CN(CC1CCCN(C(C(=O)O)c2ccccc2)C1)S(C)(=O)=O. The van der Waals surface area contributed by atoms with Crippen molar-refractivity contribution in [2.75, 3.05) is 32.9 Å². The van der Waals surface area contributed by atoms with Gasteiger partial charge < -0.3 is 5.11 Å². The minimum Gasteiger partial charge on any atom is -0.480 e. The molecule has 1 aliphatic rings. The summed E-state index contributed by atoms with van der Waals surface area (Å²) in [5.74, 6) is -0.720. The molecule has 0 aromatic heterocycles. The first-order chi connectivity index (χ1) is 10.8. The van der Waals surface area contributed by atoms with Crippen LogP contribution in [0.4, 0.5) is 0 Å². The Hall–Kier alpha value is -1.44. The van der Waals surface area contributed by atoms with Gasteiger partial charge in [0, 0.05) is 20.1 Å². The van der Waals surface area contributed by atoms with Crippen molar-refractivity contribution >= 4 is 16.0 Å². The van der Waals surface area contributed by atoms with Crippen LogP contribution in [0.2, 0.25) is 0 Å². The first kappa shape index (κ1) is 17.9. The van der Waals surface area contributed by atoms with Crippen LogP contribution in [-0.2, 0) is 14.8 Å². The van der Waals surface area contributed by atoms with Gasteiger partial charge in [0.15, 0.2) is 0 Å². The maximum Gasteiger partial charge on any atom is 0.325 e. The van der Waals surface area contributed by atoms with Gasteiger partial charge in [0.2, 0.25) is 10.0 Å². The maximum absolute atomic E-state index is 11.7. The number of rotatable bonds is 6. The fraction of sp³-hybridized carbons (Fsp3) is 0.562. The van der Waals surface area contributed by atoms with Crippen LogP contribution in [-0.4, -0.2) is 61.6 Å². The fourth-order valence-electron chi connectivity index (χ4n) is 3.12. The molecule has 2 rings (SSSR count). The highest BCUT2D eigenvalue weighted by molar-refractivity contribution is 7.88. The van der Waals surface area contributed by atoms with E-state index in [1.807, 2.05) is 35.2 Å². The van der Waals surface area contributed by atoms with E-state index in [0.29, 0.717) is 19.6 Å². The minimum absolute atomic E-state index is 0.147. The van der Waals surface area contributed by atoms with E-state index in [9.17, 15) is 18.3 Å². The van der Waals surface area contributed by atoms with Crippen LogP contribution in [0.5, 0.6) is 0 Å². The molecule has 2 unspecified atom stereocenters. The van der Waals surface area contributed by atoms with E-state index in [2.05, 4.69) is 0 Å². The standard InChI is InChI=1S/C16H24N2O4S/c1-17(23(2,21)22)11-13-7-6-10-18(12-13)15(16(19)20)14-8-4-3-5-9-14/h3-5,8-9,13,15H,6-7,10-12H2,1-2H3,(H,19,20). The normalized spacial score (nSPS) is 21.3. The van der Waals surface area contributed by atoms with Crippen molar-refractivity contribution in [2.45, 2.75) is 18.9 Å². The second-order valence-corrected chi connectivity index (χ2v) is 8.29. The molecule has 1 aliphatic heterocycles. The van der Waals surface area contributed by atoms with Crippen LogP contribution in [0.1, 0.15) is 24.4 Å². The monoisotopic (exact) mass is 340 g/mol. The molecule has 2 atom stereocenters. The minimum atomic E-state index is -3.21. The topological polar surface area (TPSA) is 77.9 Å². The third-order valence-corrected chi connectivity index (χ3v) is 5.63. The van der Waals surface area contributed by atoms with Crippen LogP contribution in [0.3, 0.4) is 0 Å². The summed E-state index contributed by atoms with van der Waals surface area (Å²) in [4.78, 5) is 13.7. The molecular weight excluding hydrogens is 316 g/mol. The van der Waals surface area contributed by atoms with Gasteiger partial charge in [-0.25, -0.2) is 12.7 Å². The molecule has 0 radical (unpaired) electrons. The van der Waals surface area contributed by atoms with Crippen LogP contribution < -0.4 is 0 Å². The Balaban J connectivity index is 2.11. The zero-order valence-corrected chi connectivity index (χ0v) is 14.4. The highest BCUT2D eigenvalue weighted by atomic mass is 32.2. The zero-order valence-electron chi connectivity index (χ0n) is 13.6. The van der Waals surface area contributed by atoms with E-state index >= 15 is 0 Å². The number of sulfonamides is 1. The van der Waals surface area contributed by atoms with Crippen molar-refractivity contribution in [1.29, 1.82) is 0 Å². The summed E-state index contributed by atoms with van der Waals surface area (Å²) in [5, 5.41) is 9.63. The Labute approximate surface area is 137 Å². The second-order valence-electron chi connectivity index (χ2n) is 6.20. The summed E-state index contributed by atoms with van der Waals surface area (Å²) in [6.45, 7) is 1.73. The number of aliphatic carboxylic acids is 1. The Kier molecular flexibility index (Phi) is 5.78. The first-order valence-corrected chi connectivity index (χ1v) is 9.57. The molecule has 0 bridgehead atoms. The predicted molar refractivity (Wildman–Crippen MR) is 88.6 cm³/mol. The smallest absolute Gasteiger partial charge is 0.325 e. The molecule has 0 saturated carbocycles. The van der Waals surface area contributed by atoms with Gasteiger partial charge in [-0.1, -0.05) is 30.3 Å². The van der Waals surface area contributed by atoms with Gasteiger partial charge in [-0.3, -0.25) is 9.69 Å². The molecule has 1 N–H and O–H groups in total. The molecular formula is C16H24N2O4S. The first-order valence-electron chi connectivity index (χ1n) is 7.72. The van der Waals surface area contributed by atoms with E-state index in [1.165, 1.54) is 10.6 Å². The molecule has 0 spiro atoms. The lowest BCUT2D eigenvalue weighted by Gasteiger charge is -2.37. The third kappa shape index (κ3) is 4.76. The molecule has 1 saturated heterocycles. The number of likely N-dealkylation sites (tertiary alicyclic amines) is 1. The van der Waals surface area contributed by atoms with Gasteiger partial charge in [0.25, 0.3) is 0 Å². The van der Waals surface area contributed by atoms with Crippen LogP contribution in [0.15, 0.2) is 30.3 Å². The van der Waals surface area contributed by atoms with Gasteiger partial charge in [-0.15, -0.1) is 0 Å². The van der Waals surface area contributed by atoms with E-state index < -0.39 is 22.0 Å². The van der Waals surface area contributed by atoms with Crippen molar-refractivity contribution < 1.29 is 18.3 Å². The molecule has 128 valence electrons. The zero-order chi connectivity index (χ0) is 17.0. The van der Waals surface area contributed by atoms with Crippen LogP contribution in [0, 0.1) is 5.92 Å². The van der Waals surface area contributed by atoms with E-state index in [0.717, 1.165) is 18.4 Å². The number of benzene rings is 1. The van der Waals surface area contributed by atoms with Crippen LogP contribution >= 0.6 is 0 Å². The molecule has 1 heterocycles. The van der Waals surface area contributed by atoms with Gasteiger partial charge >= 0.3 is 5.97 Å². The molecule has 6 nitrogen and oxygen atoms in total. The molecule has 1 fully saturated rings. The number of piperidine rings is 1. The molecule has 7 heteroatoms. The summed E-state index contributed by atoms with van der Waals surface area (Å²) < 4.78 is 24.5. The summed E-state index contributed by atoms with van der Waals surface area (Å²) in [5.41, 5.74) is 0.761. The summed E-state index contributed by atoms with van der Waals surface area (Å²) >= 11 is 0. The van der Waals surface area contributed by atoms with E-state index in [4.69, 9.17) is 0 Å². The fourth-order valence-corrected chi connectivity index (χ4v) is 3.61. The molecule has 23 heavy (non-hydrogen) atoms. The highest BCUT2D eigenvalue weighted by Gasteiger charge is 2.32. The third-order valence-electron chi connectivity index (χ3n) is 4.35. The number of hydrogen-bond donors (Lipinski definition) is 1. The molecule has 1 aromatic carbocycles. The van der Waals surface area contributed by atoms with Crippen molar-refractivity contribution in [3.05, 3.63) is 35.9 Å². The Morgan fingerprint density at radius 1 is 1.39 bits per heavy atom. The maximum atomic E-state index is 11.7. The Morgan fingerprint density at radius 3 is 2.61 bits per heavy atom. The number of carbonyl (C=O) groups is 1. The lowest BCUT2D eigenvalue weighted by Crippen LogP contribution is -2.44. The van der Waals surface area contributed by atoms with E-state index in [-0.39, 0.29) is 5.92 Å². The summed E-state index contributed by atoms with van der Waals surface area (Å²) in [6, 6.07) is 8.51. The van der Waals surface area contributed by atoms with Crippen molar-refractivity contribution in [1.82, 2.24) is 9.21 Å². The quantitative estimate of drug-likeness (QED) is 0.847. The number of nitrogens with zero attached hydrogens (tertiary/aromatic N) is 2. The summed E-state index contributed by atoms with van der Waals surface area (Å²) in [6.07, 6.45) is 2.98. The van der Waals surface area contributed by atoms with Crippen LogP contribution in [0.25, 0.3) is 0 Å². The van der Waals surface area contributed by atoms with Crippen molar-refractivity contribution in [3.63, 3.8) is 0 Å². The van der Waals surface area contributed by atoms with E-state index in [1.54, 1.807) is 7.05 Å². The second kappa shape index (κ2) is 7.42. The van der Waals surface area contributed by atoms with Gasteiger partial charge in [-0.05, 0) is 30.9 Å². The molecule has 1 aromatic rings. The van der Waals surface area contributed by atoms with Crippen molar-refractivity contribution in [3.8, 4) is 0 Å². The predicted octanol–water partition coefficient (Wildman–Crippen LogP) is 1.42. The largest absolute Gasteiger partial charge is 0.480 e. The Morgan fingerprint density at radius 2 is 2.04 bits per heavy atom. The average molecular weight is 340 g/mol. The van der Waals surface area contributed by atoms with Gasteiger partial charge in [0.1, 0.15) is 6.04 Å². The number of carboxylic acids is 1. The summed E-state index contributed by atoms with van der Waals surface area (Å²) in [7, 11) is -1.64. The molecule has 0 aliphatic carbocycles.